The molecule has 3 rings (SSSR count). The maximum absolute atomic E-state index is 13.0. The number of carbonyl (C=O) groups excluding carboxylic acids is 2. The molecule has 0 aliphatic heterocycles. The van der Waals surface area contributed by atoms with Gasteiger partial charge in [0.05, 0.1) is 16.6 Å². The first-order valence-corrected chi connectivity index (χ1v) is 12.8. The van der Waals surface area contributed by atoms with Gasteiger partial charge in [-0.15, -0.1) is 0 Å². The van der Waals surface area contributed by atoms with Crippen LogP contribution in [0.4, 0.5) is 24.5 Å². The summed E-state index contributed by atoms with van der Waals surface area (Å²) < 4.78 is 50.8. The summed E-state index contributed by atoms with van der Waals surface area (Å²) in [6.07, 6.45) is -3.33. The van der Waals surface area contributed by atoms with Gasteiger partial charge in [-0.2, -0.15) is 18.4 Å². The lowest BCUT2D eigenvalue weighted by Gasteiger charge is -2.15. The van der Waals surface area contributed by atoms with E-state index in [1.807, 2.05) is 32.0 Å². The number of nitrogens with one attached hydrogen (secondary N) is 2. The molecule has 0 bridgehead atoms. The number of halogens is 4. The van der Waals surface area contributed by atoms with E-state index in [-0.39, 0.29) is 41.9 Å². The zero-order valence-electron chi connectivity index (χ0n) is 21.8. The van der Waals surface area contributed by atoms with Crippen LogP contribution in [-0.2, 0) is 15.8 Å². The Morgan fingerprint density at radius 3 is 2.48 bits per heavy atom. The Labute approximate surface area is 237 Å². The van der Waals surface area contributed by atoms with Crippen molar-refractivity contribution in [2.75, 3.05) is 23.8 Å². The molecule has 0 heterocycles. The molecule has 208 valence electrons. The summed E-state index contributed by atoms with van der Waals surface area (Å²) in [6, 6.07) is 14.6. The lowest BCUT2D eigenvalue weighted by Crippen LogP contribution is -2.21. The molecule has 3 aromatic rings. The van der Waals surface area contributed by atoms with Crippen LogP contribution < -0.4 is 20.1 Å². The predicted molar refractivity (Wildman–Crippen MR) is 149 cm³/mol. The number of aryl methyl sites for hydroxylation is 2. The largest absolute Gasteiger partial charge is 0.490 e. The first-order chi connectivity index (χ1) is 18.9. The summed E-state index contributed by atoms with van der Waals surface area (Å²) in [6.45, 7) is 5.48. The number of hydrogen-bond acceptors (Lipinski definition) is 5. The topological polar surface area (TPSA) is 100 Å². The third-order valence-electron chi connectivity index (χ3n) is 5.47. The molecule has 0 aromatic heterocycles. The predicted octanol–water partition coefficient (Wildman–Crippen LogP) is 7.05. The Morgan fingerprint density at radius 2 is 1.80 bits per heavy atom. The van der Waals surface area contributed by atoms with Gasteiger partial charge in [0.1, 0.15) is 11.6 Å². The number of hydrogen-bond donors (Lipinski definition) is 2. The van der Waals surface area contributed by atoms with Crippen LogP contribution in [0.25, 0.3) is 6.08 Å². The molecule has 0 saturated heterocycles. The van der Waals surface area contributed by atoms with Crippen molar-refractivity contribution in [1.29, 1.82) is 5.26 Å². The molecule has 0 saturated carbocycles. The molecule has 40 heavy (non-hydrogen) atoms. The first-order valence-electron chi connectivity index (χ1n) is 12.0. The van der Waals surface area contributed by atoms with Gasteiger partial charge in [-0.3, -0.25) is 9.59 Å². The van der Waals surface area contributed by atoms with Crippen LogP contribution in [0.15, 0.2) is 64.6 Å². The van der Waals surface area contributed by atoms with E-state index in [4.69, 9.17) is 9.47 Å². The molecule has 0 aliphatic rings. The zero-order valence-corrected chi connectivity index (χ0v) is 23.4. The quantitative estimate of drug-likeness (QED) is 0.198. The van der Waals surface area contributed by atoms with Crippen molar-refractivity contribution in [2.24, 2.45) is 0 Å². The van der Waals surface area contributed by atoms with Crippen molar-refractivity contribution in [3.8, 4) is 17.6 Å². The van der Waals surface area contributed by atoms with E-state index in [0.717, 1.165) is 29.3 Å². The minimum Gasteiger partial charge on any atom is -0.490 e. The normalized spacial score (nSPS) is 11.4. The van der Waals surface area contributed by atoms with Crippen molar-refractivity contribution in [2.45, 2.75) is 26.9 Å². The highest BCUT2D eigenvalue weighted by molar-refractivity contribution is 9.10. The van der Waals surface area contributed by atoms with Crippen LogP contribution in [0.2, 0.25) is 0 Å². The molecule has 3 aromatic carbocycles. The van der Waals surface area contributed by atoms with Crippen LogP contribution in [0.5, 0.6) is 11.5 Å². The summed E-state index contributed by atoms with van der Waals surface area (Å²) in [5, 5.41) is 14.7. The van der Waals surface area contributed by atoms with Crippen LogP contribution in [-0.4, -0.2) is 25.0 Å². The van der Waals surface area contributed by atoms with E-state index in [0.29, 0.717) is 15.7 Å². The molecule has 0 spiro atoms. The molecule has 11 heteroatoms. The van der Waals surface area contributed by atoms with Gasteiger partial charge in [-0.05, 0) is 95.9 Å². The Morgan fingerprint density at radius 1 is 1.05 bits per heavy atom. The van der Waals surface area contributed by atoms with Gasteiger partial charge in [-0.25, -0.2) is 0 Å². The summed E-state index contributed by atoms with van der Waals surface area (Å²) >= 11 is 3.38. The Balaban J connectivity index is 1.79. The molecule has 0 atom stereocenters. The fraction of sp³-hybridized carbons (Fsp3) is 0.207. The lowest BCUT2D eigenvalue weighted by atomic mass is 10.1. The number of alkyl halides is 3. The summed E-state index contributed by atoms with van der Waals surface area (Å²) in [5.74, 6) is -0.787. The monoisotopic (exact) mass is 615 g/mol. The average Bonchev–Trinajstić information content (AvgIpc) is 2.88. The third-order valence-corrected chi connectivity index (χ3v) is 6.06. The zero-order chi connectivity index (χ0) is 29.4. The number of rotatable bonds is 9. The van der Waals surface area contributed by atoms with E-state index >= 15 is 0 Å². The van der Waals surface area contributed by atoms with Crippen molar-refractivity contribution in [3.63, 3.8) is 0 Å². The maximum Gasteiger partial charge on any atom is 0.416 e. The summed E-state index contributed by atoms with van der Waals surface area (Å²) in [5.41, 5.74) is 1.54. The smallest absolute Gasteiger partial charge is 0.416 e. The van der Waals surface area contributed by atoms with E-state index in [2.05, 4.69) is 26.6 Å². The first kappa shape index (κ1) is 30.2. The second-order valence-corrected chi connectivity index (χ2v) is 9.48. The number of carbonyl (C=O) groups is 2. The minimum atomic E-state index is -4.58. The highest BCUT2D eigenvalue weighted by Crippen LogP contribution is 2.38. The van der Waals surface area contributed by atoms with E-state index < -0.39 is 17.6 Å². The van der Waals surface area contributed by atoms with Crippen LogP contribution >= 0.6 is 15.9 Å². The highest BCUT2D eigenvalue weighted by atomic mass is 79.9. The standard InChI is InChI=1S/C29H25BrF3N3O4/c1-4-39-25-13-19(11-20(15-34)28(38)35-22-7-5-6-21(14-22)29(31,32)33)12-23(30)27(25)40-16-26(37)36-24-10-17(2)8-9-18(24)3/h5-14H,4,16H2,1-3H3,(H,35,38)(H,36,37)/b20-11+. The molecule has 2 N–H and O–H groups in total. The van der Waals surface area contributed by atoms with Gasteiger partial charge in [0, 0.05) is 11.4 Å². The molecule has 2 amide bonds. The van der Waals surface area contributed by atoms with E-state index in [1.165, 1.54) is 18.2 Å². The highest BCUT2D eigenvalue weighted by Gasteiger charge is 2.30. The Hall–Kier alpha value is -4.30. The Bertz CT molecular complexity index is 1500. The van der Waals surface area contributed by atoms with Gasteiger partial charge in [0.25, 0.3) is 11.8 Å². The second kappa shape index (κ2) is 13.2. The van der Waals surface area contributed by atoms with Gasteiger partial charge in [0.15, 0.2) is 18.1 Å². The van der Waals surface area contributed by atoms with Crippen molar-refractivity contribution >= 4 is 45.2 Å². The number of nitrogens with zero attached hydrogens (tertiary/aromatic N) is 1. The maximum atomic E-state index is 13.0. The van der Waals surface area contributed by atoms with E-state index in [9.17, 15) is 28.0 Å². The third kappa shape index (κ3) is 8.10. The van der Waals surface area contributed by atoms with Crippen LogP contribution in [0.3, 0.4) is 0 Å². The number of ether oxygens (including phenoxy) is 2. The molecule has 0 unspecified atom stereocenters. The molecule has 0 fully saturated rings. The average molecular weight is 616 g/mol. The fourth-order valence-electron chi connectivity index (χ4n) is 3.56. The number of benzene rings is 3. The summed E-state index contributed by atoms with van der Waals surface area (Å²) in [4.78, 5) is 25.2. The van der Waals surface area contributed by atoms with Gasteiger partial charge < -0.3 is 20.1 Å². The second-order valence-electron chi connectivity index (χ2n) is 8.62. The SMILES string of the molecule is CCOc1cc(/C=C(\C#N)C(=O)Nc2cccc(C(F)(F)F)c2)cc(Br)c1OCC(=O)Nc1cc(C)ccc1C. The molecular weight excluding hydrogens is 591 g/mol. The fourth-order valence-corrected chi connectivity index (χ4v) is 4.13. The van der Waals surface area contributed by atoms with Crippen molar-refractivity contribution < 1.29 is 32.2 Å². The number of nitriles is 1. The van der Waals surface area contributed by atoms with Gasteiger partial charge >= 0.3 is 6.18 Å². The van der Waals surface area contributed by atoms with Gasteiger partial charge in [0.2, 0.25) is 0 Å². The van der Waals surface area contributed by atoms with Gasteiger partial charge in [-0.1, -0.05) is 18.2 Å². The number of amides is 2. The van der Waals surface area contributed by atoms with Crippen LogP contribution in [0, 0.1) is 25.2 Å². The molecule has 7 nitrogen and oxygen atoms in total. The molecule has 0 radical (unpaired) electrons. The van der Waals surface area contributed by atoms with Crippen LogP contribution in [0.1, 0.15) is 29.2 Å². The minimum absolute atomic E-state index is 0.111. The Kier molecular flexibility index (Phi) is 9.96. The number of anilines is 2. The van der Waals surface area contributed by atoms with Crippen molar-refractivity contribution in [3.05, 3.63) is 86.9 Å². The summed E-state index contributed by atoms with van der Waals surface area (Å²) in [7, 11) is 0. The molecular formula is C29H25BrF3N3O4. The van der Waals surface area contributed by atoms with Crippen molar-refractivity contribution in [1.82, 2.24) is 0 Å². The lowest BCUT2D eigenvalue weighted by molar-refractivity contribution is -0.137. The van der Waals surface area contributed by atoms with E-state index in [1.54, 1.807) is 19.1 Å². The molecule has 0 aliphatic carbocycles.